The van der Waals surface area contributed by atoms with Crippen molar-refractivity contribution in [2.75, 3.05) is 0 Å². The number of hydrogen-bond donors (Lipinski definition) is 2. The summed E-state index contributed by atoms with van der Waals surface area (Å²) < 4.78 is 5.09. The summed E-state index contributed by atoms with van der Waals surface area (Å²) in [7, 11) is 0. The number of hydrogen-bond acceptors (Lipinski definition) is 5. The van der Waals surface area contributed by atoms with Crippen LogP contribution in [0.1, 0.15) is 36.1 Å². The Hall–Kier alpha value is -1.58. The molecule has 0 radical (unpaired) electrons. The van der Waals surface area contributed by atoms with Gasteiger partial charge in [-0.25, -0.2) is 4.79 Å². The number of nitrogens with one attached hydrogen (secondary N) is 1. The Morgan fingerprint density at radius 2 is 2.28 bits per heavy atom. The highest BCUT2D eigenvalue weighted by Gasteiger charge is 2.16. The summed E-state index contributed by atoms with van der Waals surface area (Å²) in [4.78, 5) is 12.7. The van der Waals surface area contributed by atoms with E-state index in [1.54, 1.807) is 26.8 Å². The van der Waals surface area contributed by atoms with Crippen LogP contribution in [-0.4, -0.2) is 16.8 Å². The lowest BCUT2D eigenvalue weighted by atomic mass is 10.2. The summed E-state index contributed by atoms with van der Waals surface area (Å²) in [6.45, 7) is 5.47. The number of carbonyl (C=O) groups is 1. The zero-order valence-corrected chi connectivity index (χ0v) is 11.4. The molecule has 1 aromatic rings. The molecule has 18 heavy (non-hydrogen) atoms. The zero-order chi connectivity index (χ0) is 13.8. The van der Waals surface area contributed by atoms with Crippen molar-refractivity contribution >= 4 is 17.4 Å². The van der Waals surface area contributed by atoms with Crippen LogP contribution in [0.3, 0.4) is 0 Å². The molecule has 0 bridgehead atoms. The fourth-order valence-electron chi connectivity index (χ4n) is 1.26. The van der Waals surface area contributed by atoms with E-state index >= 15 is 0 Å². The van der Waals surface area contributed by atoms with E-state index in [0.29, 0.717) is 10.4 Å². The first-order valence-corrected chi connectivity index (χ1v) is 6.26. The number of rotatable bonds is 3. The SMILES string of the molecule is CC(C)(C)OC(=O)NCc1cc(CO)c(C#N)s1. The summed E-state index contributed by atoms with van der Waals surface area (Å²) in [5.74, 6) is 0. The van der Waals surface area contributed by atoms with Gasteiger partial charge in [-0.15, -0.1) is 11.3 Å². The van der Waals surface area contributed by atoms with Gasteiger partial charge in [0.1, 0.15) is 16.5 Å². The minimum absolute atomic E-state index is 0.175. The maximum absolute atomic E-state index is 11.4. The van der Waals surface area contributed by atoms with Crippen LogP contribution in [0.4, 0.5) is 4.79 Å². The van der Waals surface area contributed by atoms with Crippen molar-refractivity contribution in [2.24, 2.45) is 0 Å². The van der Waals surface area contributed by atoms with Crippen LogP contribution in [0.15, 0.2) is 6.07 Å². The Balaban J connectivity index is 2.57. The Labute approximate surface area is 110 Å². The molecule has 1 heterocycles. The van der Waals surface area contributed by atoms with Gasteiger partial charge in [-0.2, -0.15) is 5.26 Å². The molecule has 0 unspecified atom stereocenters. The maximum Gasteiger partial charge on any atom is 0.407 e. The molecular weight excluding hydrogens is 252 g/mol. The number of aliphatic hydroxyl groups excluding tert-OH is 1. The second-order valence-corrected chi connectivity index (χ2v) is 5.83. The van der Waals surface area contributed by atoms with Gasteiger partial charge >= 0.3 is 6.09 Å². The van der Waals surface area contributed by atoms with Crippen molar-refractivity contribution in [1.82, 2.24) is 5.32 Å². The third-order valence-electron chi connectivity index (χ3n) is 1.94. The molecule has 1 rings (SSSR count). The van der Waals surface area contributed by atoms with Gasteiger partial charge in [0.2, 0.25) is 0 Å². The monoisotopic (exact) mass is 268 g/mol. The van der Waals surface area contributed by atoms with Crippen molar-refractivity contribution in [1.29, 1.82) is 5.26 Å². The number of aliphatic hydroxyl groups is 1. The minimum Gasteiger partial charge on any atom is -0.444 e. The summed E-state index contributed by atoms with van der Waals surface area (Å²) in [5.41, 5.74) is 0.0524. The first kappa shape index (κ1) is 14.5. The third kappa shape index (κ3) is 4.35. The molecule has 1 aromatic heterocycles. The second kappa shape index (κ2) is 5.85. The molecule has 2 N–H and O–H groups in total. The van der Waals surface area contributed by atoms with Gasteiger partial charge in [-0.3, -0.25) is 0 Å². The fraction of sp³-hybridized carbons (Fsp3) is 0.500. The van der Waals surface area contributed by atoms with Crippen molar-refractivity contribution in [2.45, 2.75) is 39.5 Å². The normalized spacial score (nSPS) is 10.8. The molecule has 5 nitrogen and oxygen atoms in total. The van der Waals surface area contributed by atoms with Crippen LogP contribution in [0.2, 0.25) is 0 Å². The Morgan fingerprint density at radius 3 is 2.72 bits per heavy atom. The van der Waals surface area contributed by atoms with Gasteiger partial charge in [0.05, 0.1) is 13.2 Å². The smallest absolute Gasteiger partial charge is 0.407 e. The highest BCUT2D eigenvalue weighted by atomic mass is 32.1. The van der Waals surface area contributed by atoms with E-state index in [1.807, 2.05) is 6.07 Å². The van der Waals surface area contributed by atoms with Crippen LogP contribution in [0.5, 0.6) is 0 Å². The molecule has 0 aromatic carbocycles. The molecule has 0 aliphatic heterocycles. The Morgan fingerprint density at radius 1 is 1.61 bits per heavy atom. The molecule has 0 atom stereocenters. The van der Waals surface area contributed by atoms with Gasteiger partial charge in [-0.05, 0) is 26.8 Å². The molecule has 0 aliphatic carbocycles. The number of ether oxygens (including phenoxy) is 1. The van der Waals surface area contributed by atoms with Crippen molar-refractivity contribution in [3.05, 3.63) is 21.4 Å². The lowest BCUT2D eigenvalue weighted by Gasteiger charge is -2.19. The van der Waals surface area contributed by atoms with Crippen LogP contribution >= 0.6 is 11.3 Å². The van der Waals surface area contributed by atoms with E-state index in [2.05, 4.69) is 5.32 Å². The standard InChI is InChI=1S/C12H16N2O3S/c1-12(2,3)17-11(16)14-6-9-4-8(7-15)10(5-13)18-9/h4,15H,6-7H2,1-3H3,(H,14,16). The van der Waals surface area contributed by atoms with E-state index in [9.17, 15) is 4.79 Å². The molecule has 0 saturated heterocycles. The molecule has 1 amide bonds. The number of amides is 1. The van der Waals surface area contributed by atoms with Crippen molar-refractivity contribution in [3.63, 3.8) is 0 Å². The zero-order valence-electron chi connectivity index (χ0n) is 10.6. The maximum atomic E-state index is 11.4. The summed E-state index contributed by atoms with van der Waals surface area (Å²) >= 11 is 1.25. The molecule has 0 spiro atoms. The van der Waals surface area contributed by atoms with Crippen molar-refractivity contribution < 1.29 is 14.6 Å². The van der Waals surface area contributed by atoms with Crippen LogP contribution < -0.4 is 5.32 Å². The number of alkyl carbamates (subject to hydrolysis) is 1. The molecule has 0 aliphatic rings. The van der Waals surface area contributed by atoms with Crippen LogP contribution in [0.25, 0.3) is 0 Å². The predicted octanol–water partition coefficient (Wildman–Crippen LogP) is 2.14. The van der Waals surface area contributed by atoms with E-state index in [0.717, 1.165) is 4.88 Å². The second-order valence-electron chi connectivity index (χ2n) is 4.69. The van der Waals surface area contributed by atoms with Gasteiger partial charge < -0.3 is 15.2 Å². The quantitative estimate of drug-likeness (QED) is 0.879. The number of carbonyl (C=O) groups excluding carboxylic acids is 1. The summed E-state index contributed by atoms with van der Waals surface area (Å²) in [5, 5.41) is 20.5. The summed E-state index contributed by atoms with van der Waals surface area (Å²) in [6, 6.07) is 3.72. The number of thiophene rings is 1. The third-order valence-corrected chi connectivity index (χ3v) is 3.02. The molecule has 0 fully saturated rings. The van der Waals surface area contributed by atoms with Gasteiger partial charge in [0, 0.05) is 10.4 Å². The minimum atomic E-state index is -0.534. The number of nitriles is 1. The molecular formula is C12H16N2O3S. The highest BCUT2D eigenvalue weighted by Crippen LogP contribution is 2.21. The highest BCUT2D eigenvalue weighted by molar-refractivity contribution is 7.12. The molecule has 6 heteroatoms. The van der Waals surface area contributed by atoms with Crippen LogP contribution in [-0.2, 0) is 17.9 Å². The Kier molecular flexibility index (Phi) is 4.70. The van der Waals surface area contributed by atoms with Crippen LogP contribution in [0, 0.1) is 11.3 Å². The summed E-state index contributed by atoms with van der Waals surface area (Å²) in [6.07, 6.45) is -0.500. The fourth-order valence-corrected chi connectivity index (χ4v) is 2.17. The first-order valence-electron chi connectivity index (χ1n) is 5.45. The van der Waals surface area contributed by atoms with E-state index < -0.39 is 11.7 Å². The molecule has 98 valence electrons. The van der Waals surface area contributed by atoms with Gasteiger partial charge in [-0.1, -0.05) is 0 Å². The molecule has 0 saturated carbocycles. The number of nitrogens with zero attached hydrogens (tertiary/aromatic N) is 1. The first-order chi connectivity index (χ1) is 8.35. The largest absolute Gasteiger partial charge is 0.444 e. The average Bonchev–Trinajstić information content (AvgIpc) is 2.66. The topological polar surface area (TPSA) is 82.3 Å². The van der Waals surface area contributed by atoms with E-state index in [4.69, 9.17) is 15.1 Å². The lowest BCUT2D eigenvalue weighted by molar-refractivity contribution is 0.0524. The average molecular weight is 268 g/mol. The van der Waals surface area contributed by atoms with Gasteiger partial charge in [0.15, 0.2) is 0 Å². The van der Waals surface area contributed by atoms with E-state index in [1.165, 1.54) is 11.3 Å². The Bertz CT molecular complexity index is 469. The van der Waals surface area contributed by atoms with Crippen molar-refractivity contribution in [3.8, 4) is 6.07 Å². The van der Waals surface area contributed by atoms with E-state index in [-0.39, 0.29) is 13.2 Å². The van der Waals surface area contributed by atoms with Gasteiger partial charge in [0.25, 0.3) is 0 Å². The lowest BCUT2D eigenvalue weighted by Crippen LogP contribution is -2.31. The predicted molar refractivity (Wildman–Crippen MR) is 68.0 cm³/mol.